The maximum atomic E-state index is 11.4. The van der Waals surface area contributed by atoms with Gasteiger partial charge in [0.15, 0.2) is 5.76 Å². The smallest absolute Gasteiger partial charge is 0.284 e. The number of likely N-dealkylation sites (tertiary alicyclic amines) is 1. The molecule has 2 aliphatic rings. The molecule has 1 aliphatic heterocycles. The van der Waals surface area contributed by atoms with Crippen molar-refractivity contribution < 1.29 is 18.7 Å². The fourth-order valence-electron chi connectivity index (χ4n) is 4.40. The minimum absolute atomic E-state index is 0.0718. The van der Waals surface area contributed by atoms with Crippen molar-refractivity contribution >= 4 is 5.91 Å². The topological polar surface area (TPSA) is 77.9 Å². The molecule has 0 bridgehead atoms. The van der Waals surface area contributed by atoms with Gasteiger partial charge in [0.1, 0.15) is 5.76 Å². The van der Waals surface area contributed by atoms with E-state index < -0.39 is 5.91 Å². The van der Waals surface area contributed by atoms with Crippen molar-refractivity contribution in [2.75, 3.05) is 20.8 Å². The van der Waals surface area contributed by atoms with Crippen LogP contribution in [0, 0.1) is 0 Å². The third-order valence-corrected chi connectivity index (χ3v) is 5.82. The van der Waals surface area contributed by atoms with Gasteiger partial charge >= 0.3 is 0 Å². The number of fused-ring (bicyclic) bond motifs is 1. The zero-order chi connectivity index (χ0) is 17.3. The first kappa shape index (κ1) is 17.5. The highest BCUT2D eigenvalue weighted by molar-refractivity contribution is 5.90. The molecule has 24 heavy (non-hydrogen) atoms. The molecule has 2 N–H and O–H groups in total. The van der Waals surface area contributed by atoms with Crippen LogP contribution in [0.1, 0.15) is 54.5 Å². The normalized spacial score (nSPS) is 30.5. The lowest BCUT2D eigenvalue weighted by Crippen LogP contribution is -2.51. The fourth-order valence-corrected chi connectivity index (χ4v) is 4.40. The molecule has 0 spiro atoms. The molecule has 134 valence electrons. The Labute approximate surface area is 143 Å². The van der Waals surface area contributed by atoms with Gasteiger partial charge in [0.2, 0.25) is 0 Å². The second-order valence-corrected chi connectivity index (χ2v) is 6.91. The van der Waals surface area contributed by atoms with Gasteiger partial charge in [0, 0.05) is 45.3 Å². The molecular formula is C18H28N2O4. The van der Waals surface area contributed by atoms with E-state index in [1.807, 2.05) is 14.0 Å². The maximum Gasteiger partial charge on any atom is 0.284 e. The van der Waals surface area contributed by atoms with Gasteiger partial charge in [-0.2, -0.15) is 0 Å². The SMILES string of the molecule is CCc1oc(C(N)=O)cc1CN1CC[C@]2(OC)CC[C@@H](OC)C[C@H]12. The lowest BCUT2D eigenvalue weighted by molar-refractivity contribution is -0.0947. The molecule has 1 aromatic heterocycles. The first-order valence-corrected chi connectivity index (χ1v) is 8.76. The van der Waals surface area contributed by atoms with Crippen LogP contribution in [0.5, 0.6) is 0 Å². The Morgan fingerprint density at radius 2 is 2.25 bits per heavy atom. The van der Waals surface area contributed by atoms with E-state index >= 15 is 0 Å². The molecule has 1 saturated heterocycles. The minimum Gasteiger partial charge on any atom is -0.456 e. The first-order chi connectivity index (χ1) is 11.5. The average Bonchev–Trinajstić information content (AvgIpc) is 3.17. The van der Waals surface area contributed by atoms with Crippen LogP contribution in [0.3, 0.4) is 0 Å². The quantitative estimate of drug-likeness (QED) is 0.861. The molecule has 1 saturated carbocycles. The highest BCUT2D eigenvalue weighted by atomic mass is 16.5. The number of aryl methyl sites for hydroxylation is 1. The molecule has 0 radical (unpaired) electrons. The second kappa shape index (κ2) is 6.86. The summed E-state index contributed by atoms with van der Waals surface area (Å²) in [6.07, 6.45) is 5.12. The molecule has 3 atom stereocenters. The van der Waals surface area contributed by atoms with Gasteiger partial charge < -0.3 is 19.6 Å². The van der Waals surface area contributed by atoms with Gasteiger partial charge in [0.25, 0.3) is 5.91 Å². The molecule has 1 amide bonds. The number of carbonyl (C=O) groups is 1. The van der Waals surface area contributed by atoms with E-state index in [2.05, 4.69) is 4.90 Å². The maximum absolute atomic E-state index is 11.4. The van der Waals surface area contributed by atoms with E-state index in [1.54, 1.807) is 13.2 Å². The fraction of sp³-hybridized carbons (Fsp3) is 0.722. The summed E-state index contributed by atoms with van der Waals surface area (Å²) < 4.78 is 17.2. The van der Waals surface area contributed by atoms with Gasteiger partial charge in [-0.3, -0.25) is 9.69 Å². The Morgan fingerprint density at radius 1 is 1.46 bits per heavy atom. The predicted octanol–water partition coefficient (Wildman–Crippen LogP) is 2.10. The van der Waals surface area contributed by atoms with Crippen LogP contribution in [-0.4, -0.2) is 49.3 Å². The number of ether oxygens (including phenoxy) is 2. The molecular weight excluding hydrogens is 308 g/mol. The molecule has 3 rings (SSSR count). The number of hydrogen-bond acceptors (Lipinski definition) is 5. The highest BCUT2D eigenvalue weighted by Crippen LogP contribution is 2.43. The van der Waals surface area contributed by atoms with E-state index in [-0.39, 0.29) is 17.5 Å². The van der Waals surface area contributed by atoms with Gasteiger partial charge in [-0.25, -0.2) is 0 Å². The summed E-state index contributed by atoms with van der Waals surface area (Å²) in [7, 11) is 3.61. The Balaban J connectivity index is 1.81. The van der Waals surface area contributed by atoms with Crippen molar-refractivity contribution in [2.45, 2.75) is 63.3 Å². The number of methoxy groups -OCH3 is 2. The third kappa shape index (κ3) is 2.98. The molecule has 1 aliphatic carbocycles. The average molecular weight is 336 g/mol. The summed E-state index contributed by atoms with van der Waals surface area (Å²) in [5, 5.41) is 0. The van der Waals surface area contributed by atoms with E-state index in [4.69, 9.17) is 19.6 Å². The molecule has 6 nitrogen and oxygen atoms in total. The number of nitrogens with zero attached hydrogens (tertiary/aromatic N) is 1. The van der Waals surface area contributed by atoms with E-state index in [0.717, 1.165) is 56.5 Å². The Bertz CT molecular complexity index is 600. The summed E-state index contributed by atoms with van der Waals surface area (Å²) in [6, 6.07) is 2.13. The van der Waals surface area contributed by atoms with Crippen molar-refractivity contribution in [1.82, 2.24) is 4.90 Å². The van der Waals surface area contributed by atoms with Crippen LogP contribution in [0.15, 0.2) is 10.5 Å². The highest BCUT2D eigenvalue weighted by Gasteiger charge is 2.51. The zero-order valence-electron chi connectivity index (χ0n) is 14.8. The van der Waals surface area contributed by atoms with Gasteiger partial charge in [-0.1, -0.05) is 6.92 Å². The van der Waals surface area contributed by atoms with E-state index in [9.17, 15) is 4.79 Å². The summed E-state index contributed by atoms with van der Waals surface area (Å²) >= 11 is 0. The lowest BCUT2D eigenvalue weighted by Gasteiger charge is -2.43. The van der Waals surface area contributed by atoms with Crippen LogP contribution in [0.25, 0.3) is 0 Å². The van der Waals surface area contributed by atoms with E-state index in [0.29, 0.717) is 6.04 Å². The number of hydrogen-bond donors (Lipinski definition) is 1. The standard InChI is InChI=1S/C18H28N2O4/c1-4-14-12(9-15(24-14)17(19)21)11-20-8-7-18(23-3)6-5-13(22-2)10-16(18)20/h9,13,16H,4-8,10-11H2,1-3H3,(H2,19,21)/t13-,16+,18-/m1/s1. The monoisotopic (exact) mass is 336 g/mol. The summed E-state index contributed by atoms with van der Waals surface area (Å²) in [4.78, 5) is 13.9. The second-order valence-electron chi connectivity index (χ2n) is 6.91. The van der Waals surface area contributed by atoms with Crippen LogP contribution in [-0.2, 0) is 22.4 Å². The number of rotatable bonds is 6. The van der Waals surface area contributed by atoms with Crippen LogP contribution in [0.4, 0.5) is 0 Å². The Hall–Kier alpha value is -1.37. The summed E-state index contributed by atoms with van der Waals surface area (Å²) in [6.45, 7) is 3.76. The van der Waals surface area contributed by atoms with Gasteiger partial charge in [-0.05, 0) is 31.7 Å². The molecule has 0 aromatic carbocycles. The zero-order valence-corrected chi connectivity index (χ0v) is 14.8. The van der Waals surface area contributed by atoms with Crippen molar-refractivity contribution in [3.8, 4) is 0 Å². The van der Waals surface area contributed by atoms with Gasteiger partial charge in [0.05, 0.1) is 11.7 Å². The number of nitrogens with two attached hydrogens (primary N) is 1. The number of carbonyl (C=O) groups excluding carboxylic acids is 1. The molecule has 1 aromatic rings. The van der Waals surface area contributed by atoms with Crippen LogP contribution in [0.2, 0.25) is 0 Å². The molecule has 2 heterocycles. The molecule has 6 heteroatoms. The van der Waals surface area contributed by atoms with Crippen LogP contribution < -0.4 is 5.73 Å². The number of furan rings is 1. The van der Waals surface area contributed by atoms with Crippen molar-refractivity contribution in [3.05, 3.63) is 23.2 Å². The first-order valence-electron chi connectivity index (χ1n) is 8.76. The van der Waals surface area contributed by atoms with Crippen molar-refractivity contribution in [2.24, 2.45) is 5.73 Å². The predicted molar refractivity (Wildman–Crippen MR) is 89.8 cm³/mol. The summed E-state index contributed by atoms with van der Waals surface area (Å²) in [5.41, 5.74) is 6.34. The number of primary amides is 1. The minimum atomic E-state index is -0.513. The van der Waals surface area contributed by atoms with Crippen LogP contribution >= 0.6 is 0 Å². The van der Waals surface area contributed by atoms with Crippen molar-refractivity contribution in [1.29, 1.82) is 0 Å². The largest absolute Gasteiger partial charge is 0.456 e. The van der Waals surface area contributed by atoms with Gasteiger partial charge in [-0.15, -0.1) is 0 Å². The molecule has 0 unspecified atom stereocenters. The summed E-state index contributed by atoms with van der Waals surface area (Å²) in [5.74, 6) is 0.580. The van der Waals surface area contributed by atoms with E-state index in [1.165, 1.54) is 0 Å². The lowest BCUT2D eigenvalue weighted by atomic mass is 9.79. The van der Waals surface area contributed by atoms with Crippen molar-refractivity contribution in [3.63, 3.8) is 0 Å². The Kier molecular flexibility index (Phi) is 4.99. The molecule has 2 fully saturated rings. The third-order valence-electron chi connectivity index (χ3n) is 5.82. The Morgan fingerprint density at radius 3 is 2.88 bits per heavy atom. The number of amides is 1.